The minimum absolute atomic E-state index is 0.386. The molecule has 0 radical (unpaired) electrons. The molecule has 5 rings (SSSR count). The van der Waals surface area contributed by atoms with Crippen molar-refractivity contribution in [3.8, 4) is 34.0 Å². The number of fused-ring (bicyclic) bond motifs is 1. The molecule has 5 aromatic rings. The van der Waals surface area contributed by atoms with Crippen molar-refractivity contribution in [2.45, 2.75) is 20.4 Å². The van der Waals surface area contributed by atoms with Crippen molar-refractivity contribution in [3.05, 3.63) is 70.7 Å². The van der Waals surface area contributed by atoms with Gasteiger partial charge in [-0.3, -0.25) is 4.57 Å². The summed E-state index contributed by atoms with van der Waals surface area (Å²) in [5, 5.41) is 1.08. The van der Waals surface area contributed by atoms with Crippen LogP contribution in [0.25, 0.3) is 45.2 Å². The molecular formula is C29H29Cl2N7. The van der Waals surface area contributed by atoms with Crippen LogP contribution in [-0.4, -0.2) is 49.4 Å². The quantitative estimate of drug-likeness (QED) is 0.158. The molecule has 0 fully saturated rings. The minimum Gasteiger partial charge on any atom is -0.369 e. The minimum atomic E-state index is 0.386. The highest BCUT2D eigenvalue weighted by molar-refractivity contribution is 6.39. The summed E-state index contributed by atoms with van der Waals surface area (Å²) in [6.45, 7) is 5.08. The van der Waals surface area contributed by atoms with Gasteiger partial charge in [0.2, 0.25) is 5.95 Å². The van der Waals surface area contributed by atoms with Gasteiger partial charge >= 0.3 is 0 Å². The number of hydrogen-bond donors (Lipinski definition) is 0. The lowest BCUT2D eigenvalue weighted by Gasteiger charge is -2.11. The molecule has 0 N–H and O–H groups in total. The van der Waals surface area contributed by atoms with Gasteiger partial charge in [0.1, 0.15) is 11.3 Å². The van der Waals surface area contributed by atoms with Crippen LogP contribution in [0.15, 0.2) is 65.7 Å². The maximum Gasteiger partial charge on any atom is 0.233 e. The first kappa shape index (κ1) is 25.9. The van der Waals surface area contributed by atoms with Crippen LogP contribution in [0.3, 0.4) is 0 Å². The molecule has 194 valence electrons. The predicted octanol–water partition coefficient (Wildman–Crippen LogP) is 7.35. The molecule has 0 unspecified atom stereocenters. The zero-order valence-electron chi connectivity index (χ0n) is 22.0. The Hall–Kier alpha value is -3.68. The molecule has 0 bridgehead atoms. The van der Waals surface area contributed by atoms with Crippen LogP contribution in [0.4, 0.5) is 5.95 Å². The Bertz CT molecular complexity index is 1610. The van der Waals surface area contributed by atoms with Gasteiger partial charge in [-0.15, -0.1) is 0 Å². The monoisotopic (exact) mass is 545 g/mol. The summed E-state index contributed by atoms with van der Waals surface area (Å²) in [6, 6.07) is 19.5. The van der Waals surface area contributed by atoms with E-state index in [1.54, 1.807) is 6.34 Å². The first-order chi connectivity index (χ1) is 18.2. The number of benzene rings is 2. The molecule has 0 atom stereocenters. The highest BCUT2D eigenvalue weighted by Gasteiger charge is 2.24. The van der Waals surface area contributed by atoms with Crippen molar-refractivity contribution >= 4 is 46.7 Å². The van der Waals surface area contributed by atoms with E-state index in [0.29, 0.717) is 33.3 Å². The Morgan fingerprint density at radius 3 is 2.29 bits per heavy atom. The molecule has 9 heteroatoms. The lowest BCUT2D eigenvalue weighted by Crippen LogP contribution is -2.09. The molecule has 0 aliphatic rings. The van der Waals surface area contributed by atoms with Crippen LogP contribution in [0, 0.1) is 5.92 Å². The number of nitrogens with zero attached hydrogens (tertiary/aromatic N) is 7. The van der Waals surface area contributed by atoms with Gasteiger partial charge < -0.3 is 9.47 Å². The van der Waals surface area contributed by atoms with E-state index in [1.807, 2.05) is 91.3 Å². The van der Waals surface area contributed by atoms with Crippen molar-refractivity contribution in [1.82, 2.24) is 29.0 Å². The molecule has 0 aliphatic carbocycles. The highest BCUT2D eigenvalue weighted by Crippen LogP contribution is 2.40. The lowest BCUT2D eigenvalue weighted by molar-refractivity contribution is 0.532. The number of pyridine rings is 1. The largest absolute Gasteiger partial charge is 0.369 e. The number of hydrogen-bond acceptors (Lipinski definition) is 4. The lowest BCUT2D eigenvalue weighted by atomic mass is 10.1. The van der Waals surface area contributed by atoms with Crippen LogP contribution < -0.4 is 0 Å². The Morgan fingerprint density at radius 2 is 1.63 bits per heavy atom. The number of aliphatic imine (C=N–C) groups is 1. The SMILES string of the molecule is CC(C)Cn1c(/N=C\N(C)C)nc2ccc(-c3c(-c4ccccc4)nc(-c4c(Cl)cccc4Cl)n3C)nc21. The highest BCUT2D eigenvalue weighted by atomic mass is 35.5. The fraction of sp³-hybridized carbons (Fsp3) is 0.241. The molecule has 0 saturated carbocycles. The van der Waals surface area contributed by atoms with Crippen molar-refractivity contribution in [2.75, 3.05) is 14.1 Å². The summed E-state index contributed by atoms with van der Waals surface area (Å²) in [6.07, 6.45) is 1.76. The van der Waals surface area contributed by atoms with Gasteiger partial charge in [-0.25, -0.2) is 19.9 Å². The second-order valence-electron chi connectivity index (χ2n) is 9.82. The van der Waals surface area contributed by atoms with Crippen molar-refractivity contribution < 1.29 is 0 Å². The Kier molecular flexibility index (Phi) is 7.23. The Labute approximate surface area is 232 Å². The first-order valence-corrected chi connectivity index (χ1v) is 13.1. The first-order valence-electron chi connectivity index (χ1n) is 12.4. The standard InChI is InChI=1S/C29H29Cl2N7/c1-18(2)16-38-27-23(34-29(38)32-17-36(3)4)15-14-22(33-27)26-25(19-10-7-6-8-11-19)35-28(37(26)5)24-20(30)12-9-13-21(24)31/h6-15,17-18H,16H2,1-5H3/b32-17-. The van der Waals surface area contributed by atoms with Crippen LogP contribution in [0.5, 0.6) is 0 Å². The van der Waals surface area contributed by atoms with E-state index >= 15 is 0 Å². The fourth-order valence-corrected chi connectivity index (χ4v) is 5.01. The average molecular weight is 547 g/mol. The Balaban J connectivity index is 1.76. The molecule has 0 aliphatic heterocycles. The molecular weight excluding hydrogens is 517 g/mol. The molecule has 38 heavy (non-hydrogen) atoms. The summed E-state index contributed by atoms with van der Waals surface area (Å²) < 4.78 is 4.09. The van der Waals surface area contributed by atoms with E-state index < -0.39 is 0 Å². The van der Waals surface area contributed by atoms with Crippen LogP contribution in [-0.2, 0) is 13.6 Å². The number of rotatable bonds is 7. The second-order valence-corrected chi connectivity index (χ2v) is 10.6. The van der Waals surface area contributed by atoms with Crippen molar-refractivity contribution in [3.63, 3.8) is 0 Å². The molecule has 3 heterocycles. The Morgan fingerprint density at radius 1 is 0.921 bits per heavy atom. The third kappa shape index (κ3) is 4.91. The van der Waals surface area contributed by atoms with E-state index in [1.165, 1.54) is 0 Å². The fourth-order valence-electron chi connectivity index (χ4n) is 4.44. The van der Waals surface area contributed by atoms with Gasteiger partial charge in [-0.05, 0) is 30.2 Å². The smallest absolute Gasteiger partial charge is 0.233 e. The number of halogens is 2. The van der Waals surface area contributed by atoms with E-state index in [4.69, 9.17) is 38.2 Å². The maximum atomic E-state index is 6.61. The zero-order valence-corrected chi connectivity index (χ0v) is 23.5. The number of aromatic nitrogens is 5. The third-order valence-electron chi connectivity index (χ3n) is 6.10. The van der Waals surface area contributed by atoms with Gasteiger partial charge in [0.05, 0.1) is 39.0 Å². The third-order valence-corrected chi connectivity index (χ3v) is 6.73. The molecule has 3 aromatic heterocycles. The van der Waals surface area contributed by atoms with Crippen LogP contribution in [0.1, 0.15) is 13.8 Å². The molecule has 0 amide bonds. The average Bonchev–Trinajstić information content (AvgIpc) is 3.40. The van der Waals surface area contributed by atoms with Crippen molar-refractivity contribution in [1.29, 1.82) is 0 Å². The van der Waals surface area contributed by atoms with Crippen molar-refractivity contribution in [2.24, 2.45) is 18.0 Å². The van der Waals surface area contributed by atoms with Gasteiger partial charge in [0.25, 0.3) is 0 Å². The molecule has 7 nitrogen and oxygen atoms in total. The second kappa shape index (κ2) is 10.6. The molecule has 0 spiro atoms. The molecule has 2 aromatic carbocycles. The summed E-state index contributed by atoms with van der Waals surface area (Å²) >= 11 is 13.2. The van der Waals surface area contributed by atoms with E-state index in [0.717, 1.165) is 40.4 Å². The topological polar surface area (TPSA) is 64.1 Å². The van der Waals surface area contributed by atoms with Crippen LogP contribution in [0.2, 0.25) is 10.0 Å². The van der Waals surface area contributed by atoms with Gasteiger partial charge in [-0.2, -0.15) is 0 Å². The van der Waals surface area contributed by atoms with Gasteiger partial charge in [-0.1, -0.05) is 73.4 Å². The van der Waals surface area contributed by atoms with E-state index in [2.05, 4.69) is 23.4 Å². The molecule has 0 saturated heterocycles. The number of imidazole rings is 2. The summed E-state index contributed by atoms with van der Waals surface area (Å²) in [4.78, 5) is 21.5. The normalized spacial score (nSPS) is 11.8. The maximum absolute atomic E-state index is 6.61. The zero-order chi connectivity index (χ0) is 27.0. The summed E-state index contributed by atoms with van der Waals surface area (Å²) in [7, 11) is 5.84. The summed E-state index contributed by atoms with van der Waals surface area (Å²) in [5.41, 5.74) is 5.66. The van der Waals surface area contributed by atoms with Gasteiger partial charge in [0.15, 0.2) is 5.65 Å². The van der Waals surface area contributed by atoms with Gasteiger partial charge in [0, 0.05) is 33.3 Å². The van der Waals surface area contributed by atoms with E-state index in [-0.39, 0.29) is 0 Å². The van der Waals surface area contributed by atoms with E-state index in [9.17, 15) is 0 Å². The predicted molar refractivity (Wildman–Crippen MR) is 157 cm³/mol. The van der Waals surface area contributed by atoms with Crippen LogP contribution >= 0.6 is 23.2 Å². The summed E-state index contributed by atoms with van der Waals surface area (Å²) in [5.74, 6) is 1.68.